The Hall–Kier alpha value is -2.61. The van der Waals surface area contributed by atoms with Gasteiger partial charge in [-0.3, -0.25) is 0 Å². The minimum atomic E-state index is -0.353. The summed E-state index contributed by atoms with van der Waals surface area (Å²) in [6, 6.07) is 0. The first-order chi connectivity index (χ1) is 14.0. The van der Waals surface area contributed by atoms with Gasteiger partial charge >= 0.3 is 0 Å². The molecule has 0 spiro atoms. The number of nitrogens with zero attached hydrogens (tertiary/aromatic N) is 4. The van der Waals surface area contributed by atoms with Crippen molar-refractivity contribution in [1.29, 1.82) is 0 Å². The van der Waals surface area contributed by atoms with Crippen LogP contribution in [0.4, 0.5) is 21.8 Å². The molecule has 0 saturated carbocycles. The number of aromatic nitrogens is 2. The first-order valence-electron chi connectivity index (χ1n) is 10.1. The van der Waals surface area contributed by atoms with Gasteiger partial charge in [-0.05, 0) is 31.8 Å². The highest BCUT2D eigenvalue weighted by molar-refractivity contribution is 5.73. The monoisotopic (exact) mass is 404 g/mol. The fraction of sp³-hybridized carbons (Fsp3) is 0.524. The summed E-state index contributed by atoms with van der Waals surface area (Å²) in [6.07, 6.45) is 11.2. The number of hydrogen-bond acceptors (Lipinski definition) is 7. The van der Waals surface area contributed by atoms with Gasteiger partial charge in [-0.25, -0.2) is 9.37 Å². The summed E-state index contributed by atoms with van der Waals surface area (Å²) < 4.78 is 14.1. The van der Waals surface area contributed by atoms with Crippen molar-refractivity contribution in [2.45, 2.75) is 39.9 Å². The third-order valence-electron chi connectivity index (χ3n) is 4.42. The summed E-state index contributed by atoms with van der Waals surface area (Å²) in [5.41, 5.74) is 0.891. The minimum Gasteiger partial charge on any atom is -0.396 e. The van der Waals surface area contributed by atoms with E-state index in [1.54, 1.807) is 18.3 Å². The number of hydrogen-bond donors (Lipinski definition) is 3. The number of halogens is 1. The first-order valence-corrected chi connectivity index (χ1v) is 10.1. The zero-order valence-electron chi connectivity index (χ0n) is 17.8. The van der Waals surface area contributed by atoms with Crippen molar-refractivity contribution in [2.75, 3.05) is 41.9 Å². The summed E-state index contributed by atoms with van der Waals surface area (Å²) >= 11 is 0. The topological polar surface area (TPSA) is 76.5 Å². The summed E-state index contributed by atoms with van der Waals surface area (Å²) in [6.45, 7) is 7.81. The van der Waals surface area contributed by atoms with Gasteiger partial charge in [0.05, 0.1) is 6.20 Å². The lowest BCUT2D eigenvalue weighted by atomic mass is 10.2. The zero-order chi connectivity index (χ0) is 21.2. The molecule has 0 saturated heterocycles. The van der Waals surface area contributed by atoms with E-state index in [2.05, 4.69) is 34.4 Å². The lowest BCUT2D eigenvalue weighted by Crippen LogP contribution is -2.51. The molecule has 2 heterocycles. The molecule has 29 heavy (non-hydrogen) atoms. The van der Waals surface area contributed by atoms with Gasteiger partial charge in [-0.2, -0.15) is 4.98 Å². The van der Waals surface area contributed by atoms with Gasteiger partial charge < -0.3 is 25.5 Å². The van der Waals surface area contributed by atoms with Crippen molar-refractivity contribution in [3.05, 3.63) is 42.5 Å². The normalized spacial score (nSPS) is 17.1. The van der Waals surface area contributed by atoms with Crippen LogP contribution in [0.25, 0.3) is 0 Å². The van der Waals surface area contributed by atoms with Crippen LogP contribution in [0.3, 0.4) is 0 Å². The van der Waals surface area contributed by atoms with Gasteiger partial charge in [0.25, 0.3) is 0 Å². The molecular weight excluding hydrogens is 371 g/mol. The zero-order valence-corrected chi connectivity index (χ0v) is 17.8. The summed E-state index contributed by atoms with van der Waals surface area (Å²) in [4.78, 5) is 13.2. The molecule has 2 rings (SSSR count). The Morgan fingerprint density at radius 3 is 2.83 bits per heavy atom. The molecule has 8 heteroatoms. The Balaban J connectivity index is 2.18. The highest BCUT2D eigenvalue weighted by atomic mass is 19.1. The third-order valence-corrected chi connectivity index (χ3v) is 4.42. The molecule has 0 amide bonds. The lowest BCUT2D eigenvalue weighted by Gasteiger charge is -2.31. The highest BCUT2D eigenvalue weighted by Crippen LogP contribution is 2.36. The van der Waals surface area contributed by atoms with Crippen LogP contribution >= 0.6 is 0 Å². The maximum Gasteiger partial charge on any atom is 0.224 e. The summed E-state index contributed by atoms with van der Waals surface area (Å²) in [5, 5.41) is 15.3. The smallest absolute Gasteiger partial charge is 0.224 e. The van der Waals surface area contributed by atoms with Gasteiger partial charge in [0.1, 0.15) is 11.5 Å². The molecule has 1 aliphatic heterocycles. The summed E-state index contributed by atoms with van der Waals surface area (Å²) in [7, 11) is 1.94. The number of nitrogens with one attached hydrogen (secondary N) is 2. The molecule has 1 atom stereocenters. The van der Waals surface area contributed by atoms with Crippen LogP contribution in [-0.2, 0) is 0 Å². The predicted octanol–water partition coefficient (Wildman–Crippen LogP) is 3.39. The van der Waals surface area contributed by atoms with Crippen molar-refractivity contribution >= 4 is 17.5 Å². The molecule has 3 N–H and O–H groups in total. The average Bonchev–Trinajstić information content (AvgIpc) is 2.94. The fourth-order valence-corrected chi connectivity index (χ4v) is 3.05. The average molecular weight is 405 g/mol. The largest absolute Gasteiger partial charge is 0.396 e. The molecule has 7 nitrogen and oxygen atoms in total. The molecule has 1 aromatic heterocycles. The maximum atomic E-state index is 14.1. The first kappa shape index (κ1) is 22.7. The molecule has 1 unspecified atom stereocenters. The molecule has 160 valence electrons. The van der Waals surface area contributed by atoms with Gasteiger partial charge in [0.15, 0.2) is 12.1 Å². The van der Waals surface area contributed by atoms with Crippen molar-refractivity contribution in [3.8, 4) is 0 Å². The third kappa shape index (κ3) is 6.45. The second-order valence-corrected chi connectivity index (χ2v) is 7.37. The Bertz CT molecular complexity index is 734. The van der Waals surface area contributed by atoms with Crippen molar-refractivity contribution in [1.82, 2.24) is 15.3 Å². The van der Waals surface area contributed by atoms with E-state index in [9.17, 15) is 4.39 Å². The number of rotatable bonds is 11. The van der Waals surface area contributed by atoms with Crippen molar-refractivity contribution in [3.63, 3.8) is 0 Å². The number of aliphatic hydroxyl groups is 1. The van der Waals surface area contributed by atoms with Crippen LogP contribution in [0.5, 0.6) is 0 Å². The van der Waals surface area contributed by atoms with Crippen LogP contribution in [0.2, 0.25) is 0 Å². The maximum absolute atomic E-state index is 14.1. The van der Waals surface area contributed by atoms with Gasteiger partial charge in [0, 0.05) is 32.9 Å². The Labute approximate surface area is 173 Å². The van der Waals surface area contributed by atoms with Crippen molar-refractivity contribution < 1.29 is 9.50 Å². The molecule has 0 radical (unpaired) electrons. The van der Waals surface area contributed by atoms with Crippen molar-refractivity contribution in [2.24, 2.45) is 5.92 Å². The van der Waals surface area contributed by atoms with E-state index in [0.29, 0.717) is 18.4 Å². The van der Waals surface area contributed by atoms with Crippen LogP contribution in [0.15, 0.2) is 42.5 Å². The molecular formula is C21H33FN6O. The molecule has 1 aromatic rings. The molecule has 0 aliphatic carbocycles. The molecule has 0 aromatic carbocycles. The standard InChI is InChI=1S/C21H33FN6O/c1-5-6-7-10-17(22)13-25-21-27(4)18-14-24-20(23-11-8-9-12-29)26-19(18)28(21)15-16(2)3/h5-7,10,13-14,16,21,25,29H,8-9,11-12,15H2,1-4H3,(H,23,24,26)/b6-5-,10-7-,17-13-. The Morgan fingerprint density at radius 2 is 2.14 bits per heavy atom. The highest BCUT2D eigenvalue weighted by Gasteiger charge is 2.35. The summed E-state index contributed by atoms with van der Waals surface area (Å²) in [5.74, 6) is 1.42. The van der Waals surface area contributed by atoms with E-state index in [0.717, 1.165) is 30.9 Å². The predicted molar refractivity (Wildman–Crippen MR) is 117 cm³/mol. The fourth-order valence-electron chi connectivity index (χ4n) is 3.05. The minimum absolute atomic E-state index is 0.182. The van der Waals surface area contributed by atoms with E-state index in [4.69, 9.17) is 10.1 Å². The van der Waals surface area contributed by atoms with Gasteiger partial charge in [-0.1, -0.05) is 32.1 Å². The van der Waals surface area contributed by atoms with Crippen LogP contribution < -0.4 is 20.4 Å². The SMILES string of the molecule is C\C=C/C=C\C(F)=C\NC1N(C)c2cnc(NCCCCO)nc2N1CC(C)C. The van der Waals surface area contributed by atoms with Crippen LogP contribution in [0, 0.1) is 5.92 Å². The van der Waals surface area contributed by atoms with E-state index >= 15 is 0 Å². The second-order valence-electron chi connectivity index (χ2n) is 7.37. The Morgan fingerprint density at radius 1 is 1.34 bits per heavy atom. The molecule has 0 fully saturated rings. The van der Waals surface area contributed by atoms with Crippen LogP contribution in [-0.4, -0.2) is 48.1 Å². The number of anilines is 3. The quantitative estimate of drug-likeness (QED) is 0.385. The molecule has 1 aliphatic rings. The Kier molecular flexibility index (Phi) is 8.92. The van der Waals surface area contributed by atoms with Gasteiger partial charge in [-0.15, -0.1) is 0 Å². The number of fused-ring (bicyclic) bond motifs is 1. The second kappa shape index (κ2) is 11.4. The van der Waals surface area contributed by atoms with E-state index < -0.39 is 0 Å². The van der Waals surface area contributed by atoms with E-state index in [-0.39, 0.29) is 18.7 Å². The number of allylic oxidation sites excluding steroid dienone is 5. The van der Waals surface area contributed by atoms with E-state index in [1.165, 1.54) is 12.3 Å². The number of aliphatic hydroxyl groups excluding tert-OH is 1. The van der Waals surface area contributed by atoms with Crippen LogP contribution in [0.1, 0.15) is 33.6 Å². The lowest BCUT2D eigenvalue weighted by molar-refractivity contribution is 0.286. The van der Waals surface area contributed by atoms with Gasteiger partial charge in [0.2, 0.25) is 5.95 Å². The molecule has 0 bridgehead atoms. The number of unbranched alkanes of at least 4 members (excludes halogenated alkanes) is 1. The van der Waals surface area contributed by atoms with E-state index in [1.807, 2.05) is 24.9 Å².